The van der Waals surface area contributed by atoms with Crippen LogP contribution in [0.1, 0.15) is 36.9 Å². The monoisotopic (exact) mass is 458 g/mol. The van der Waals surface area contributed by atoms with Gasteiger partial charge in [0.15, 0.2) is 0 Å². The highest BCUT2D eigenvalue weighted by Crippen LogP contribution is 2.32. The van der Waals surface area contributed by atoms with Crippen molar-refractivity contribution in [2.45, 2.75) is 44.6 Å². The first-order valence-electron chi connectivity index (χ1n) is 9.78. The predicted molar refractivity (Wildman–Crippen MR) is 127 cm³/mol. The Hall–Kier alpha value is -1.47. The van der Waals surface area contributed by atoms with E-state index in [1.54, 1.807) is 6.07 Å². The Balaban J connectivity index is 0.00000150. The van der Waals surface area contributed by atoms with Crippen molar-refractivity contribution in [3.05, 3.63) is 34.5 Å². The average Bonchev–Trinajstić information content (AvgIpc) is 2.70. The Kier molecular flexibility index (Phi) is 8.64. The van der Waals surface area contributed by atoms with Crippen molar-refractivity contribution in [1.82, 2.24) is 15.3 Å². The normalized spacial score (nSPS) is 18.3. The summed E-state index contributed by atoms with van der Waals surface area (Å²) in [6.45, 7) is 2.04. The van der Waals surface area contributed by atoms with Crippen molar-refractivity contribution < 1.29 is 0 Å². The molecule has 4 N–H and O–H groups in total. The predicted octanol–water partition coefficient (Wildman–Crippen LogP) is 4.37. The molecule has 29 heavy (non-hydrogen) atoms. The minimum absolute atomic E-state index is 0. The topological polar surface area (TPSA) is 79.1 Å². The summed E-state index contributed by atoms with van der Waals surface area (Å²) in [7, 11) is 2.04. The third kappa shape index (κ3) is 5.37. The molecule has 1 aliphatic heterocycles. The number of nitrogens with two attached hydrogens (primary N) is 1. The van der Waals surface area contributed by atoms with Crippen LogP contribution in [-0.4, -0.2) is 36.1 Å². The van der Waals surface area contributed by atoms with Gasteiger partial charge in [0.05, 0.1) is 16.4 Å². The molecule has 160 valence electrons. The lowest BCUT2D eigenvalue weighted by atomic mass is 9.95. The van der Waals surface area contributed by atoms with Crippen LogP contribution in [0.5, 0.6) is 0 Å². The van der Waals surface area contributed by atoms with Crippen molar-refractivity contribution >= 4 is 59.6 Å². The first kappa shape index (κ1) is 23.8. The number of benzene rings is 1. The fraction of sp³-hybridized carbons (Fsp3) is 0.500. The Morgan fingerprint density at radius 1 is 1.14 bits per heavy atom. The molecule has 0 amide bonds. The quantitative estimate of drug-likeness (QED) is 0.589. The van der Waals surface area contributed by atoms with Crippen LogP contribution in [0.2, 0.25) is 5.02 Å². The van der Waals surface area contributed by atoms with Gasteiger partial charge in [0, 0.05) is 30.4 Å². The van der Waals surface area contributed by atoms with E-state index in [0.717, 1.165) is 37.4 Å². The molecular formula is C20H29Cl3N6. The minimum Gasteiger partial charge on any atom is -0.397 e. The van der Waals surface area contributed by atoms with Gasteiger partial charge >= 0.3 is 0 Å². The first-order chi connectivity index (χ1) is 13.1. The van der Waals surface area contributed by atoms with Crippen molar-refractivity contribution in [2.75, 3.05) is 36.1 Å². The third-order valence-electron chi connectivity index (χ3n) is 5.54. The van der Waals surface area contributed by atoms with Crippen LogP contribution in [0.3, 0.4) is 0 Å². The molecule has 1 aromatic heterocycles. The number of nitrogen functional groups attached to an aromatic ring is 1. The molecule has 1 atom stereocenters. The van der Waals surface area contributed by atoms with Crippen LogP contribution in [0.15, 0.2) is 18.2 Å². The summed E-state index contributed by atoms with van der Waals surface area (Å²) >= 11 is 6.04. The van der Waals surface area contributed by atoms with Gasteiger partial charge in [-0.3, -0.25) is 0 Å². The zero-order chi connectivity index (χ0) is 18.8. The largest absolute Gasteiger partial charge is 0.397 e. The van der Waals surface area contributed by atoms with Crippen molar-refractivity contribution in [3.63, 3.8) is 0 Å². The van der Waals surface area contributed by atoms with E-state index in [1.807, 2.05) is 19.2 Å². The molecule has 1 fully saturated rings. The number of nitrogens with zero attached hydrogens (tertiary/aromatic N) is 3. The highest BCUT2D eigenvalue weighted by atomic mass is 35.5. The Labute approximate surface area is 189 Å². The summed E-state index contributed by atoms with van der Waals surface area (Å²) in [6.07, 6.45) is 6.89. The number of hydrogen-bond acceptors (Lipinski definition) is 6. The lowest BCUT2D eigenvalue weighted by Crippen LogP contribution is -2.45. The van der Waals surface area contributed by atoms with Gasteiger partial charge in [0.25, 0.3) is 0 Å². The number of likely N-dealkylation sites (N-methyl/N-ethyl adjacent to an activating group) is 1. The van der Waals surface area contributed by atoms with Crippen LogP contribution in [-0.2, 0) is 12.8 Å². The SMILES string of the molecule is CN[C@@H]1CCCN(c2nc(Nc3ccc(Cl)c(N)c3)nc3c2CCCC3)C1.Cl.Cl. The number of piperidine rings is 1. The minimum atomic E-state index is 0. The summed E-state index contributed by atoms with van der Waals surface area (Å²) in [4.78, 5) is 12.2. The van der Waals surface area contributed by atoms with E-state index in [2.05, 4.69) is 15.5 Å². The molecule has 1 aromatic carbocycles. The van der Waals surface area contributed by atoms with E-state index in [4.69, 9.17) is 27.3 Å². The van der Waals surface area contributed by atoms with Crippen molar-refractivity contribution in [1.29, 1.82) is 0 Å². The van der Waals surface area contributed by atoms with Crippen LogP contribution in [0, 0.1) is 0 Å². The second kappa shape index (κ2) is 10.5. The molecule has 1 aliphatic carbocycles. The van der Waals surface area contributed by atoms with Gasteiger partial charge < -0.3 is 21.3 Å². The molecule has 0 spiro atoms. The number of rotatable bonds is 4. The van der Waals surface area contributed by atoms with Gasteiger partial charge in [-0.15, -0.1) is 24.8 Å². The molecule has 2 aliphatic rings. The van der Waals surface area contributed by atoms with E-state index >= 15 is 0 Å². The van der Waals surface area contributed by atoms with E-state index in [-0.39, 0.29) is 24.8 Å². The Morgan fingerprint density at radius 2 is 1.93 bits per heavy atom. The molecule has 0 saturated carbocycles. The Morgan fingerprint density at radius 3 is 2.69 bits per heavy atom. The molecule has 1 saturated heterocycles. The van der Waals surface area contributed by atoms with E-state index in [9.17, 15) is 0 Å². The van der Waals surface area contributed by atoms with E-state index in [1.165, 1.54) is 36.9 Å². The summed E-state index contributed by atoms with van der Waals surface area (Å²) in [5, 5.41) is 7.30. The first-order valence-corrected chi connectivity index (χ1v) is 10.2. The maximum Gasteiger partial charge on any atom is 0.229 e. The zero-order valence-corrected chi connectivity index (χ0v) is 19.0. The fourth-order valence-corrected chi connectivity index (χ4v) is 4.17. The molecule has 2 heterocycles. The van der Waals surface area contributed by atoms with Gasteiger partial charge in [-0.2, -0.15) is 4.98 Å². The van der Waals surface area contributed by atoms with Crippen LogP contribution in [0.4, 0.5) is 23.1 Å². The smallest absolute Gasteiger partial charge is 0.229 e. The van der Waals surface area contributed by atoms with Gasteiger partial charge in [-0.1, -0.05) is 11.6 Å². The van der Waals surface area contributed by atoms with Gasteiger partial charge in [0.2, 0.25) is 5.95 Å². The van der Waals surface area contributed by atoms with Gasteiger partial charge in [-0.05, 0) is 63.8 Å². The molecule has 0 bridgehead atoms. The molecule has 0 radical (unpaired) electrons. The van der Waals surface area contributed by atoms with Crippen LogP contribution < -0.4 is 21.3 Å². The molecule has 4 rings (SSSR count). The standard InChI is InChI=1S/C20H27ClN6.2ClH/c1-23-14-5-4-10-27(12-14)19-15-6-2-3-7-18(15)25-20(26-19)24-13-8-9-16(21)17(22)11-13;;/h8-9,11,14,23H,2-7,10,12,22H2,1H3,(H,24,25,26);2*1H/t14-;;/m1../s1. The number of fused-ring (bicyclic) bond motifs is 1. The van der Waals surface area contributed by atoms with E-state index in [0.29, 0.717) is 22.7 Å². The molecular weight excluding hydrogens is 431 g/mol. The Bertz CT molecular complexity index is 832. The summed E-state index contributed by atoms with van der Waals surface area (Å²) in [5.74, 6) is 1.74. The van der Waals surface area contributed by atoms with Crippen LogP contribution >= 0.6 is 36.4 Å². The third-order valence-corrected chi connectivity index (χ3v) is 5.89. The number of anilines is 4. The number of hydrogen-bond donors (Lipinski definition) is 3. The lowest BCUT2D eigenvalue weighted by molar-refractivity contribution is 0.446. The van der Waals surface area contributed by atoms with Gasteiger partial charge in [0.1, 0.15) is 5.82 Å². The number of nitrogens with one attached hydrogen (secondary N) is 2. The summed E-state index contributed by atoms with van der Waals surface area (Å²) in [6, 6.07) is 6.03. The maximum atomic E-state index is 6.04. The van der Waals surface area contributed by atoms with E-state index < -0.39 is 0 Å². The van der Waals surface area contributed by atoms with Crippen LogP contribution in [0.25, 0.3) is 0 Å². The molecule has 0 unspecified atom stereocenters. The number of halogens is 3. The molecule has 6 nitrogen and oxygen atoms in total. The lowest BCUT2D eigenvalue weighted by Gasteiger charge is -2.35. The van der Waals surface area contributed by atoms with Crippen molar-refractivity contribution in [3.8, 4) is 0 Å². The second-order valence-electron chi connectivity index (χ2n) is 7.44. The number of aryl methyl sites for hydroxylation is 1. The summed E-state index contributed by atoms with van der Waals surface area (Å²) < 4.78 is 0. The fourth-order valence-electron chi connectivity index (χ4n) is 4.05. The van der Waals surface area contributed by atoms with Gasteiger partial charge in [-0.25, -0.2) is 4.98 Å². The summed E-state index contributed by atoms with van der Waals surface area (Å²) in [5.41, 5.74) is 9.85. The maximum absolute atomic E-state index is 6.04. The molecule has 2 aromatic rings. The number of aromatic nitrogens is 2. The zero-order valence-electron chi connectivity index (χ0n) is 16.6. The second-order valence-corrected chi connectivity index (χ2v) is 7.85. The average molecular weight is 460 g/mol. The highest BCUT2D eigenvalue weighted by molar-refractivity contribution is 6.33. The molecule has 9 heteroatoms. The highest BCUT2D eigenvalue weighted by Gasteiger charge is 2.25. The van der Waals surface area contributed by atoms with Crippen molar-refractivity contribution in [2.24, 2.45) is 0 Å².